The van der Waals surface area contributed by atoms with E-state index in [0.29, 0.717) is 11.3 Å². The van der Waals surface area contributed by atoms with Gasteiger partial charge in [-0.2, -0.15) is 18.3 Å². The summed E-state index contributed by atoms with van der Waals surface area (Å²) in [5, 5.41) is 8.72. The molecule has 3 aromatic carbocycles. The summed E-state index contributed by atoms with van der Waals surface area (Å²) in [7, 11) is 0. The second kappa shape index (κ2) is 12.2. The molecule has 0 fully saturated rings. The summed E-state index contributed by atoms with van der Waals surface area (Å²) in [6.45, 7) is 3.10. The number of nitrogens with zero attached hydrogens (tertiary/aromatic N) is 1. The summed E-state index contributed by atoms with van der Waals surface area (Å²) in [5.74, 6) is -2.40. The number of carbonyl (C=O) groups is 3. The van der Waals surface area contributed by atoms with Crippen LogP contribution in [0.1, 0.15) is 22.3 Å². The summed E-state index contributed by atoms with van der Waals surface area (Å²) in [6.07, 6.45) is -3.29. The normalized spacial score (nSPS) is 11.2. The molecule has 0 heterocycles. The van der Waals surface area contributed by atoms with Crippen LogP contribution in [0.4, 0.5) is 24.5 Å². The van der Waals surface area contributed by atoms with Crippen molar-refractivity contribution in [2.45, 2.75) is 20.0 Å². The smallest absolute Gasteiger partial charge is 0.416 e. The van der Waals surface area contributed by atoms with Crippen LogP contribution in [0.2, 0.25) is 5.02 Å². The number of aryl methyl sites for hydroxylation is 2. The van der Waals surface area contributed by atoms with Gasteiger partial charge in [0.05, 0.1) is 16.8 Å². The van der Waals surface area contributed by atoms with Gasteiger partial charge >= 0.3 is 18.0 Å². The minimum atomic E-state index is -4.54. The Bertz CT molecular complexity index is 1370. The van der Waals surface area contributed by atoms with Crippen molar-refractivity contribution in [1.82, 2.24) is 5.43 Å². The molecule has 0 bridgehead atoms. The number of hydrazone groups is 1. The maximum atomic E-state index is 12.8. The Labute approximate surface area is 220 Å². The Hall–Kier alpha value is -4.38. The molecular weight excluding hydrogens is 525 g/mol. The van der Waals surface area contributed by atoms with E-state index in [-0.39, 0.29) is 16.5 Å². The first-order chi connectivity index (χ1) is 17.9. The van der Waals surface area contributed by atoms with Gasteiger partial charge in [-0.3, -0.25) is 14.4 Å². The Morgan fingerprint density at radius 3 is 2.29 bits per heavy atom. The Balaban J connectivity index is 1.51. The minimum Gasteiger partial charge on any atom is -0.482 e. The number of rotatable bonds is 7. The highest BCUT2D eigenvalue weighted by atomic mass is 35.5. The third kappa shape index (κ3) is 7.81. The van der Waals surface area contributed by atoms with E-state index in [1.54, 1.807) is 26.0 Å². The van der Waals surface area contributed by atoms with Crippen molar-refractivity contribution in [3.63, 3.8) is 0 Å². The number of ether oxygens (including phenoxy) is 1. The molecule has 198 valence electrons. The maximum Gasteiger partial charge on any atom is 0.416 e. The fraction of sp³-hybridized carbons (Fsp3) is 0.154. The number of amides is 3. The molecule has 3 N–H and O–H groups in total. The Morgan fingerprint density at radius 2 is 1.63 bits per heavy atom. The minimum absolute atomic E-state index is 0.0316. The van der Waals surface area contributed by atoms with E-state index in [9.17, 15) is 27.6 Å². The highest BCUT2D eigenvalue weighted by Crippen LogP contribution is 2.30. The molecule has 0 spiro atoms. The van der Waals surface area contributed by atoms with E-state index in [1.807, 2.05) is 6.07 Å². The lowest BCUT2D eigenvalue weighted by Crippen LogP contribution is -2.32. The van der Waals surface area contributed by atoms with Crippen molar-refractivity contribution in [1.29, 1.82) is 0 Å². The fourth-order valence-electron chi connectivity index (χ4n) is 3.23. The van der Waals surface area contributed by atoms with Crippen molar-refractivity contribution in [3.8, 4) is 5.75 Å². The predicted molar refractivity (Wildman–Crippen MR) is 137 cm³/mol. The van der Waals surface area contributed by atoms with Crippen molar-refractivity contribution in [2.24, 2.45) is 5.10 Å². The van der Waals surface area contributed by atoms with Gasteiger partial charge in [0.1, 0.15) is 5.75 Å². The van der Waals surface area contributed by atoms with Gasteiger partial charge in [0, 0.05) is 11.4 Å². The van der Waals surface area contributed by atoms with Gasteiger partial charge in [0.15, 0.2) is 6.61 Å². The molecule has 8 nitrogen and oxygen atoms in total. The summed E-state index contributed by atoms with van der Waals surface area (Å²) >= 11 is 6.16. The molecule has 12 heteroatoms. The first kappa shape index (κ1) is 28.2. The molecule has 0 saturated heterocycles. The van der Waals surface area contributed by atoms with E-state index >= 15 is 0 Å². The zero-order valence-corrected chi connectivity index (χ0v) is 20.9. The third-order valence-electron chi connectivity index (χ3n) is 5.09. The molecule has 0 saturated carbocycles. The number of benzene rings is 3. The van der Waals surface area contributed by atoms with Crippen LogP contribution in [-0.2, 0) is 20.6 Å². The number of hydrogen-bond donors (Lipinski definition) is 3. The lowest BCUT2D eigenvalue weighted by atomic mass is 10.1. The lowest BCUT2D eigenvalue weighted by molar-refractivity contribution is -0.137. The summed E-state index contributed by atoms with van der Waals surface area (Å²) in [5.41, 5.74) is 3.80. The van der Waals surface area contributed by atoms with Crippen molar-refractivity contribution in [2.75, 3.05) is 17.2 Å². The average molecular weight is 547 g/mol. The second-order valence-electron chi connectivity index (χ2n) is 8.03. The largest absolute Gasteiger partial charge is 0.482 e. The van der Waals surface area contributed by atoms with Crippen LogP contribution in [0.25, 0.3) is 0 Å². The van der Waals surface area contributed by atoms with Crippen LogP contribution in [0.15, 0.2) is 65.8 Å². The lowest BCUT2D eigenvalue weighted by Gasteiger charge is -2.11. The zero-order chi connectivity index (χ0) is 27.9. The highest BCUT2D eigenvalue weighted by molar-refractivity contribution is 6.39. The van der Waals surface area contributed by atoms with Gasteiger partial charge in [0.2, 0.25) is 0 Å². The van der Waals surface area contributed by atoms with E-state index < -0.39 is 36.1 Å². The molecule has 3 amide bonds. The van der Waals surface area contributed by atoms with E-state index in [1.165, 1.54) is 36.5 Å². The van der Waals surface area contributed by atoms with Gasteiger partial charge in [0.25, 0.3) is 5.91 Å². The fourth-order valence-corrected chi connectivity index (χ4v) is 3.47. The number of para-hydroxylation sites is 1. The van der Waals surface area contributed by atoms with E-state index in [0.717, 1.165) is 23.3 Å². The Morgan fingerprint density at radius 1 is 0.947 bits per heavy atom. The molecule has 0 atom stereocenters. The number of halogens is 4. The molecule has 0 aliphatic carbocycles. The van der Waals surface area contributed by atoms with Crippen LogP contribution >= 0.6 is 11.6 Å². The van der Waals surface area contributed by atoms with Crippen molar-refractivity contribution >= 4 is 46.9 Å². The maximum absolute atomic E-state index is 12.8. The molecule has 3 rings (SSSR count). The molecule has 0 radical (unpaired) electrons. The van der Waals surface area contributed by atoms with E-state index in [4.69, 9.17) is 16.3 Å². The second-order valence-corrected chi connectivity index (χ2v) is 8.43. The number of nitrogens with one attached hydrogen (secondary N) is 3. The molecule has 38 heavy (non-hydrogen) atoms. The van der Waals surface area contributed by atoms with Gasteiger partial charge in [-0.1, -0.05) is 35.9 Å². The first-order valence-corrected chi connectivity index (χ1v) is 11.4. The van der Waals surface area contributed by atoms with Crippen LogP contribution < -0.4 is 20.8 Å². The van der Waals surface area contributed by atoms with Gasteiger partial charge in [-0.05, 0) is 66.9 Å². The standard InChI is InChI=1S/C26H22ClF3N4O4/c1-15-5-3-6-16(2)23(15)33-24(36)25(37)34-31-13-17-9-10-21(20(27)11-17)38-14-22(35)32-19-8-4-7-18(12-19)26(28,29)30/h3-13H,14H2,1-2H3,(H,32,35)(H,33,36)(H,34,37)/b31-13-. The van der Waals surface area contributed by atoms with Gasteiger partial charge in [-0.15, -0.1) is 0 Å². The quantitative estimate of drug-likeness (QED) is 0.218. The molecule has 0 aliphatic heterocycles. The Kier molecular flexibility index (Phi) is 9.08. The van der Waals surface area contributed by atoms with Crippen LogP contribution in [0.3, 0.4) is 0 Å². The molecule has 3 aromatic rings. The van der Waals surface area contributed by atoms with Crippen molar-refractivity contribution in [3.05, 3.63) is 87.9 Å². The summed E-state index contributed by atoms with van der Waals surface area (Å²) < 4.78 is 43.8. The van der Waals surface area contributed by atoms with E-state index in [2.05, 4.69) is 21.2 Å². The summed E-state index contributed by atoms with van der Waals surface area (Å²) in [6, 6.07) is 14.0. The monoisotopic (exact) mass is 546 g/mol. The van der Waals surface area contributed by atoms with Crippen LogP contribution in [-0.4, -0.2) is 30.5 Å². The molecular formula is C26H22ClF3N4O4. The third-order valence-corrected chi connectivity index (χ3v) is 5.39. The summed E-state index contributed by atoms with van der Waals surface area (Å²) in [4.78, 5) is 36.3. The molecule has 0 aliphatic rings. The molecule has 0 unspecified atom stereocenters. The number of anilines is 2. The van der Waals surface area contributed by atoms with Crippen LogP contribution in [0, 0.1) is 13.8 Å². The van der Waals surface area contributed by atoms with Gasteiger partial charge < -0.3 is 15.4 Å². The SMILES string of the molecule is Cc1cccc(C)c1NC(=O)C(=O)N/N=C\c1ccc(OCC(=O)Nc2cccc(C(F)(F)F)c2)c(Cl)c1. The zero-order valence-electron chi connectivity index (χ0n) is 20.2. The predicted octanol–water partition coefficient (Wildman–Crippen LogP) is 5.08. The van der Waals surface area contributed by atoms with Crippen LogP contribution in [0.5, 0.6) is 5.75 Å². The average Bonchev–Trinajstić information content (AvgIpc) is 2.85. The highest BCUT2D eigenvalue weighted by Gasteiger charge is 2.30. The topological polar surface area (TPSA) is 109 Å². The number of carbonyl (C=O) groups excluding carboxylic acids is 3. The molecule has 0 aromatic heterocycles. The number of alkyl halides is 3. The first-order valence-electron chi connectivity index (χ1n) is 11.0. The number of hydrogen-bond acceptors (Lipinski definition) is 5. The van der Waals surface area contributed by atoms with Crippen molar-refractivity contribution < 1.29 is 32.3 Å². The van der Waals surface area contributed by atoms with Gasteiger partial charge in [-0.25, -0.2) is 5.43 Å².